The van der Waals surface area contributed by atoms with Crippen molar-refractivity contribution in [3.8, 4) is 0 Å². The average molecular weight is 489 g/mol. The van der Waals surface area contributed by atoms with Crippen LogP contribution in [0.1, 0.15) is 5.56 Å². The molecule has 1 fully saturated rings. The van der Waals surface area contributed by atoms with E-state index in [0.29, 0.717) is 6.42 Å². The zero-order valence-electron chi connectivity index (χ0n) is 18.0. The topological polar surface area (TPSA) is 136 Å². The van der Waals surface area contributed by atoms with Crippen LogP contribution in [-0.2, 0) is 26.1 Å². The first kappa shape index (κ1) is 22.9. The molecule has 2 N–H and O–H groups in total. The fourth-order valence-electron chi connectivity index (χ4n) is 3.68. The SMILES string of the molecule is C=C1NC(N2CCS(=O)(=O)CC2)=C(S(C)(=O)=O)C(=N)N1/N=C\Cc1cnc2ccccc2c1. The standard InChI is InChI=1S/C21H24N6O4S2/c1-15-25-21(26-9-11-33(30,31)12-10-26)19(32(2,28)29)20(22)27(15)24-8-7-16-13-17-5-3-4-6-18(17)23-14-16/h3-6,8,13-14,22,25H,1,7,9-12H2,2H3/b22-20?,24-8-. The highest BCUT2D eigenvalue weighted by molar-refractivity contribution is 7.95. The van der Waals surface area contributed by atoms with E-state index in [1.54, 1.807) is 17.3 Å². The summed E-state index contributed by atoms with van der Waals surface area (Å²) in [5, 5.41) is 17.8. The van der Waals surface area contributed by atoms with Crippen molar-refractivity contribution >= 4 is 42.6 Å². The van der Waals surface area contributed by atoms with Crippen molar-refractivity contribution < 1.29 is 16.8 Å². The predicted molar refractivity (Wildman–Crippen MR) is 128 cm³/mol. The molecule has 4 rings (SSSR count). The van der Waals surface area contributed by atoms with Gasteiger partial charge < -0.3 is 10.2 Å². The predicted octanol–water partition coefficient (Wildman–Crippen LogP) is 1.06. The molecule has 0 atom stereocenters. The number of aromatic nitrogens is 1. The van der Waals surface area contributed by atoms with Gasteiger partial charge >= 0.3 is 0 Å². The summed E-state index contributed by atoms with van der Waals surface area (Å²) in [4.78, 5) is 5.78. The fraction of sp³-hybridized carbons (Fsp3) is 0.286. The molecule has 33 heavy (non-hydrogen) atoms. The number of hydrogen-bond acceptors (Lipinski definition) is 9. The highest BCUT2D eigenvalue weighted by Gasteiger charge is 2.36. The Morgan fingerprint density at radius 3 is 2.67 bits per heavy atom. The number of hydrogen-bond donors (Lipinski definition) is 2. The first-order chi connectivity index (χ1) is 15.5. The molecule has 0 radical (unpaired) electrons. The number of pyridine rings is 1. The zero-order chi connectivity index (χ0) is 23.8. The molecule has 1 aromatic heterocycles. The lowest BCUT2D eigenvalue weighted by molar-refractivity contribution is 0.330. The molecule has 0 spiro atoms. The van der Waals surface area contributed by atoms with Crippen molar-refractivity contribution in [3.05, 3.63) is 65.2 Å². The Hall–Kier alpha value is -3.25. The Balaban J connectivity index is 1.58. The lowest BCUT2D eigenvalue weighted by Gasteiger charge is -2.38. The molecule has 174 valence electrons. The van der Waals surface area contributed by atoms with Crippen LogP contribution in [0.5, 0.6) is 0 Å². The maximum Gasteiger partial charge on any atom is 0.182 e. The van der Waals surface area contributed by atoms with E-state index in [2.05, 4.69) is 22.0 Å². The van der Waals surface area contributed by atoms with Crippen molar-refractivity contribution in [2.75, 3.05) is 30.9 Å². The maximum absolute atomic E-state index is 12.5. The van der Waals surface area contributed by atoms with Crippen molar-refractivity contribution in [1.29, 1.82) is 5.41 Å². The number of nitrogens with zero attached hydrogens (tertiary/aromatic N) is 4. The second-order valence-electron chi connectivity index (χ2n) is 7.86. The highest BCUT2D eigenvalue weighted by atomic mass is 32.2. The van der Waals surface area contributed by atoms with E-state index in [9.17, 15) is 16.8 Å². The van der Waals surface area contributed by atoms with Crippen LogP contribution in [0.3, 0.4) is 0 Å². The van der Waals surface area contributed by atoms with E-state index < -0.39 is 19.7 Å². The zero-order valence-corrected chi connectivity index (χ0v) is 19.7. The minimum atomic E-state index is -3.83. The smallest absolute Gasteiger partial charge is 0.182 e. The molecule has 10 nitrogen and oxygen atoms in total. The largest absolute Gasteiger partial charge is 0.355 e. The maximum atomic E-state index is 12.5. The van der Waals surface area contributed by atoms with Crippen LogP contribution in [0, 0.1) is 5.41 Å². The first-order valence-corrected chi connectivity index (χ1v) is 13.9. The van der Waals surface area contributed by atoms with Gasteiger partial charge in [0, 0.05) is 43.6 Å². The van der Waals surface area contributed by atoms with Crippen LogP contribution in [-0.4, -0.2) is 74.6 Å². The Labute approximate surface area is 192 Å². The Morgan fingerprint density at radius 2 is 1.97 bits per heavy atom. The van der Waals surface area contributed by atoms with Crippen LogP contribution in [0.2, 0.25) is 0 Å². The van der Waals surface area contributed by atoms with Gasteiger partial charge in [-0.05, 0) is 17.7 Å². The summed E-state index contributed by atoms with van der Waals surface area (Å²) in [6.07, 6.45) is 4.73. The van der Waals surface area contributed by atoms with Gasteiger partial charge in [-0.15, -0.1) is 0 Å². The van der Waals surface area contributed by atoms with E-state index >= 15 is 0 Å². The summed E-state index contributed by atoms with van der Waals surface area (Å²) in [7, 11) is -6.98. The summed E-state index contributed by atoms with van der Waals surface area (Å²) in [5.74, 6) is -0.165. The molecular formula is C21H24N6O4S2. The quantitative estimate of drug-likeness (QED) is 0.597. The molecule has 0 unspecified atom stereocenters. The number of rotatable bonds is 5. The second-order valence-corrected chi connectivity index (χ2v) is 12.1. The molecule has 3 heterocycles. The molecule has 0 saturated carbocycles. The molecule has 0 bridgehead atoms. The van der Waals surface area contributed by atoms with Crippen LogP contribution < -0.4 is 5.32 Å². The van der Waals surface area contributed by atoms with Gasteiger partial charge in [0.2, 0.25) is 0 Å². The van der Waals surface area contributed by atoms with Crippen LogP contribution in [0.4, 0.5) is 0 Å². The third-order valence-corrected chi connectivity index (χ3v) is 8.10. The van der Waals surface area contributed by atoms with Crippen LogP contribution >= 0.6 is 0 Å². The van der Waals surface area contributed by atoms with Gasteiger partial charge in [-0.25, -0.2) is 16.8 Å². The molecule has 2 aliphatic heterocycles. The summed E-state index contributed by atoms with van der Waals surface area (Å²) in [6.45, 7) is 4.13. The van der Waals surface area contributed by atoms with E-state index in [1.807, 2.05) is 30.3 Å². The van der Waals surface area contributed by atoms with E-state index in [4.69, 9.17) is 5.41 Å². The van der Waals surface area contributed by atoms with Gasteiger partial charge in [0.1, 0.15) is 11.6 Å². The summed E-state index contributed by atoms with van der Waals surface area (Å²) in [5.41, 5.74) is 1.79. The third-order valence-electron chi connectivity index (χ3n) is 5.36. The molecule has 12 heteroatoms. The number of amidine groups is 1. The van der Waals surface area contributed by atoms with E-state index in [1.165, 1.54) is 0 Å². The minimum Gasteiger partial charge on any atom is -0.355 e. The highest BCUT2D eigenvalue weighted by Crippen LogP contribution is 2.26. The molecular weight excluding hydrogens is 464 g/mol. The molecule has 2 aromatic rings. The van der Waals surface area contributed by atoms with E-state index in [0.717, 1.165) is 27.7 Å². The molecule has 0 aliphatic carbocycles. The van der Waals surface area contributed by atoms with E-state index in [-0.39, 0.29) is 47.0 Å². The molecule has 1 saturated heterocycles. The Morgan fingerprint density at radius 1 is 1.27 bits per heavy atom. The lowest BCUT2D eigenvalue weighted by atomic mass is 10.1. The molecule has 1 aromatic carbocycles. The van der Waals surface area contributed by atoms with Gasteiger partial charge in [0.15, 0.2) is 30.4 Å². The lowest BCUT2D eigenvalue weighted by Crippen LogP contribution is -2.50. The summed E-state index contributed by atoms with van der Waals surface area (Å²) in [6, 6.07) is 9.73. The number of fused-ring (bicyclic) bond motifs is 1. The van der Waals surface area contributed by atoms with Crippen molar-refractivity contribution in [2.45, 2.75) is 6.42 Å². The van der Waals surface area contributed by atoms with Gasteiger partial charge in [0.05, 0.1) is 17.0 Å². The van der Waals surface area contributed by atoms with Gasteiger partial charge in [-0.1, -0.05) is 24.8 Å². The number of sulfone groups is 2. The first-order valence-electron chi connectivity index (χ1n) is 10.2. The van der Waals surface area contributed by atoms with Gasteiger partial charge in [-0.3, -0.25) is 10.4 Å². The average Bonchev–Trinajstić information content (AvgIpc) is 2.74. The number of nitrogens with one attached hydrogen (secondary N) is 2. The summed E-state index contributed by atoms with van der Waals surface area (Å²) >= 11 is 0. The normalized spacial score (nSPS) is 19.4. The number of hydrazone groups is 1. The van der Waals surface area contributed by atoms with Crippen LogP contribution in [0.25, 0.3) is 10.9 Å². The van der Waals surface area contributed by atoms with Crippen molar-refractivity contribution in [1.82, 2.24) is 20.2 Å². The Bertz CT molecular complexity index is 1400. The van der Waals surface area contributed by atoms with Crippen LogP contribution in [0.15, 0.2) is 64.8 Å². The van der Waals surface area contributed by atoms with Gasteiger partial charge in [-0.2, -0.15) is 10.1 Å². The second kappa shape index (κ2) is 8.60. The van der Waals surface area contributed by atoms with Gasteiger partial charge in [0.25, 0.3) is 0 Å². The number of benzene rings is 1. The summed E-state index contributed by atoms with van der Waals surface area (Å²) < 4.78 is 48.6. The third kappa shape index (κ3) is 4.91. The monoisotopic (exact) mass is 488 g/mol. The molecule has 0 amide bonds. The van der Waals surface area contributed by atoms with Crippen molar-refractivity contribution in [2.24, 2.45) is 5.10 Å². The van der Waals surface area contributed by atoms with Crippen molar-refractivity contribution in [3.63, 3.8) is 0 Å². The molecule has 2 aliphatic rings. The minimum absolute atomic E-state index is 0.0866. The Kier molecular flexibility index (Phi) is 5.97. The fourth-order valence-corrected chi connectivity index (χ4v) is 5.85. The number of para-hydroxylation sites is 1.